The first-order chi connectivity index (χ1) is 57.1. The quantitative estimate of drug-likeness (QED) is 0.0144. The van der Waals surface area contributed by atoms with Crippen molar-refractivity contribution in [3.05, 3.63) is 162 Å². The molecule has 0 radical (unpaired) electrons. The van der Waals surface area contributed by atoms with E-state index in [-0.39, 0.29) is 94.4 Å². The van der Waals surface area contributed by atoms with Crippen molar-refractivity contribution in [2.75, 3.05) is 44.3 Å². The lowest BCUT2D eigenvalue weighted by Crippen LogP contribution is -2.61. The van der Waals surface area contributed by atoms with Crippen LogP contribution in [0.5, 0.6) is 0 Å². The number of primary amides is 1. The van der Waals surface area contributed by atoms with Crippen molar-refractivity contribution in [1.82, 2.24) is 115 Å². The number of hydrogen-bond donors (Lipinski definition) is 25. The maximum absolute atomic E-state index is 15.1. The van der Waals surface area contributed by atoms with Gasteiger partial charge in [-0.2, -0.15) is 0 Å². The van der Waals surface area contributed by atoms with Gasteiger partial charge in [-0.1, -0.05) is 92.7 Å². The Bertz CT molecular complexity index is 4610. The Kier molecular flexibility index (Phi) is 35.2. The molecule has 0 spiro atoms. The first-order valence-electron chi connectivity index (χ1n) is 38.2. The number of hydrogen-bond acceptors (Lipinski definition) is 21. The van der Waals surface area contributed by atoms with Gasteiger partial charge in [-0.05, 0) is 54.4 Å². The number of amides is 14. The zero-order valence-electron chi connectivity index (χ0n) is 65.2. The Labute approximate surface area is 686 Å². The number of fused-ring (bicyclic) bond motifs is 1. The fourth-order valence-electron chi connectivity index (χ4n) is 12.6. The molecular weight excluding hydrogens is 1560 g/mol. The van der Waals surface area contributed by atoms with Crippen LogP contribution in [0.3, 0.4) is 0 Å². The summed E-state index contributed by atoms with van der Waals surface area (Å²) in [5, 5.41) is 65.9. The number of nitrogens with zero attached hydrogens (tertiary/aromatic N) is 3. The predicted octanol–water partition coefficient (Wildman–Crippen LogP) is -5.93. The lowest BCUT2D eigenvalue weighted by atomic mass is 9.99. The van der Waals surface area contributed by atoms with Gasteiger partial charge >= 0.3 is 0 Å². The third-order valence-electron chi connectivity index (χ3n) is 18.7. The number of aliphatic hydroxyl groups excluding tert-OH is 1. The fraction of sp³-hybridized carbons (Fsp3) is 0.408. The van der Waals surface area contributed by atoms with Gasteiger partial charge in [0.15, 0.2) is 11.9 Å². The van der Waals surface area contributed by atoms with E-state index in [1.165, 1.54) is 37.6 Å². The van der Waals surface area contributed by atoms with Gasteiger partial charge in [0, 0.05) is 93.1 Å². The highest BCUT2D eigenvalue weighted by Gasteiger charge is 2.38. The number of para-hydroxylation sites is 1. The van der Waals surface area contributed by atoms with Gasteiger partial charge in [0.1, 0.15) is 66.5 Å². The number of carbonyl (C=O) groups excluding carboxylic acids is 14. The van der Waals surface area contributed by atoms with Gasteiger partial charge in [0.2, 0.25) is 82.7 Å². The molecule has 1 saturated heterocycles. The number of thioether (sulfide) groups is 1. The molecule has 11 atom stereocenters. The number of aliphatic hydroxyl groups is 1. The third kappa shape index (κ3) is 29.8. The van der Waals surface area contributed by atoms with E-state index in [9.17, 15) is 57.8 Å². The second kappa shape index (κ2) is 46.1. The summed E-state index contributed by atoms with van der Waals surface area (Å²) in [4.78, 5) is 227. The molecule has 0 unspecified atom stereocenters. The number of carbonyl (C=O) groups is 14. The minimum Gasteiger partial charge on any atom is -0.394 e. The first-order valence-corrected chi connectivity index (χ1v) is 39.3. The molecule has 14 amide bonds. The second-order valence-electron chi connectivity index (χ2n) is 28.3. The van der Waals surface area contributed by atoms with Crippen LogP contribution in [-0.4, -0.2) is 245 Å². The standard InChI is InChI=1S/C76H101N27O15S/c1-41(2)63-74(118)101-54(25-44-29-87-49-18-10-9-17-48(44)49)69(113)98-55(26-45-30-82-38-90-45)64(108)89-34-61(106)94-58(35-104)73(117)96-51(20-12-22-86-76(80)81)66(110)97-53(24-43-15-7-4-8-16-43)68(112)100-56(27-46-31-83-39-91-46)70(114)95-50(19-11-21-85-75(78)79)67(111)99-57(28-47-32-84-40-92-47)71(115)102-59(65(109)88-33-60(77)105)36-119-37-62(107)93-52(72(116)103-63)23-42-13-5-3-6-14-42/h3-10,13-18,29-32,38-41,50-59,63,87,104H,11-12,19-28,33-37H2,1-2H3,(H2,77,105)(H,82,90)(H,83,91)(H,84,92)(H,88,109)(H,89,108)(H,93,107)(H,94,106)(H,95,114)(H,96,117)(H,97,110)(H,98,113)(H,99,111)(H,100,112)(H,101,118)(H,102,115)(H,103,116)(H4,78,79,85)(H4,80,81,86)/t50-,51+,52-,53+,54+,55+,56+,57+,58+,59+,63+/m1/s1. The molecule has 43 heteroatoms. The van der Waals surface area contributed by atoms with Gasteiger partial charge < -0.3 is 122 Å². The summed E-state index contributed by atoms with van der Waals surface area (Å²) in [7, 11) is 0. The molecule has 1 fully saturated rings. The van der Waals surface area contributed by atoms with Gasteiger partial charge in [-0.3, -0.25) is 77.9 Å². The molecule has 0 aliphatic carbocycles. The van der Waals surface area contributed by atoms with Crippen molar-refractivity contribution >= 4 is 117 Å². The highest BCUT2D eigenvalue weighted by molar-refractivity contribution is 8.00. The topological polar surface area (TPSA) is 667 Å². The van der Waals surface area contributed by atoms with Crippen LogP contribution in [0, 0.1) is 16.7 Å². The van der Waals surface area contributed by atoms with E-state index in [0.717, 1.165) is 11.8 Å². The van der Waals surface area contributed by atoms with Crippen LogP contribution < -0.4 is 97.0 Å². The molecule has 7 aromatic rings. The summed E-state index contributed by atoms with van der Waals surface area (Å²) in [5.41, 5.74) is 19.5. The van der Waals surface area contributed by atoms with Crippen LogP contribution >= 0.6 is 11.8 Å². The van der Waals surface area contributed by atoms with E-state index in [2.05, 4.69) is 115 Å². The third-order valence-corrected chi connectivity index (χ3v) is 19.7. The maximum Gasteiger partial charge on any atom is 0.245 e. The summed E-state index contributed by atoms with van der Waals surface area (Å²) in [6, 6.07) is 6.46. The number of imidazole rings is 3. The number of H-pyrrole nitrogens is 4. The molecule has 28 N–H and O–H groups in total. The summed E-state index contributed by atoms with van der Waals surface area (Å²) in [6.45, 7) is 0.508. The normalized spacial score (nSPS) is 22.0. The van der Waals surface area contributed by atoms with E-state index in [1.807, 2.05) is 0 Å². The van der Waals surface area contributed by atoms with E-state index < -0.39 is 198 Å². The van der Waals surface area contributed by atoms with E-state index in [1.54, 1.807) is 105 Å². The van der Waals surface area contributed by atoms with Gasteiger partial charge in [-0.15, -0.1) is 11.8 Å². The molecule has 1 aliphatic heterocycles. The number of aromatic nitrogens is 7. The van der Waals surface area contributed by atoms with Gasteiger partial charge in [0.05, 0.1) is 61.5 Å². The first kappa shape index (κ1) is 90.8. The molecule has 5 heterocycles. The number of nitrogens with one attached hydrogen (secondary N) is 21. The Balaban J connectivity index is 1.17. The molecule has 42 nitrogen and oxygen atoms in total. The minimum atomic E-state index is -1.83. The van der Waals surface area contributed by atoms with Crippen molar-refractivity contribution in [3.63, 3.8) is 0 Å². The molecular formula is C76H101N27O15S. The average Bonchev–Trinajstić information content (AvgIpc) is 1.71. The highest BCUT2D eigenvalue weighted by atomic mass is 32.2. The average molecular weight is 1660 g/mol. The molecule has 0 bridgehead atoms. The summed E-state index contributed by atoms with van der Waals surface area (Å²) < 4.78 is 0. The summed E-state index contributed by atoms with van der Waals surface area (Å²) in [6.07, 6.45) is 7.70. The van der Waals surface area contributed by atoms with E-state index >= 15 is 14.4 Å². The number of aromatic amines is 4. The number of guanidine groups is 2. The maximum atomic E-state index is 15.1. The van der Waals surface area contributed by atoms with Crippen LogP contribution in [0.25, 0.3) is 10.9 Å². The lowest BCUT2D eigenvalue weighted by Gasteiger charge is -2.28. The van der Waals surface area contributed by atoms with Gasteiger partial charge in [-0.25, -0.2) is 15.0 Å². The number of rotatable bonds is 25. The second-order valence-corrected chi connectivity index (χ2v) is 29.3. The highest BCUT2D eigenvalue weighted by Crippen LogP contribution is 2.21. The van der Waals surface area contributed by atoms with Gasteiger partial charge in [0.25, 0.3) is 0 Å². The van der Waals surface area contributed by atoms with Crippen LogP contribution in [0.1, 0.15) is 73.3 Å². The van der Waals surface area contributed by atoms with Crippen molar-refractivity contribution in [2.45, 2.75) is 145 Å². The Morgan fingerprint density at radius 2 is 0.882 bits per heavy atom. The molecule has 0 saturated carbocycles. The van der Waals surface area contributed by atoms with Crippen LogP contribution in [0.4, 0.5) is 0 Å². The zero-order chi connectivity index (χ0) is 85.9. The summed E-state index contributed by atoms with van der Waals surface area (Å²) in [5.74, 6) is -16.1. The molecule has 636 valence electrons. The number of benzene rings is 3. The van der Waals surface area contributed by atoms with Crippen molar-refractivity contribution in [1.29, 1.82) is 10.8 Å². The molecule has 119 heavy (non-hydrogen) atoms. The van der Waals surface area contributed by atoms with Crippen molar-refractivity contribution < 1.29 is 72.2 Å². The van der Waals surface area contributed by atoms with Crippen LogP contribution in [0.15, 0.2) is 129 Å². The van der Waals surface area contributed by atoms with Crippen LogP contribution in [-0.2, 0) is 106 Å². The lowest BCUT2D eigenvalue weighted by molar-refractivity contribution is -0.136. The predicted molar refractivity (Wildman–Crippen MR) is 433 cm³/mol. The van der Waals surface area contributed by atoms with Crippen LogP contribution in [0.2, 0.25) is 0 Å². The zero-order valence-corrected chi connectivity index (χ0v) is 66.0. The smallest absolute Gasteiger partial charge is 0.245 e. The monoisotopic (exact) mass is 1660 g/mol. The molecule has 3 aromatic carbocycles. The van der Waals surface area contributed by atoms with E-state index in [4.69, 9.17) is 28.0 Å². The number of nitrogens with two attached hydrogens (primary N) is 3. The van der Waals surface area contributed by atoms with E-state index in [0.29, 0.717) is 27.6 Å². The van der Waals surface area contributed by atoms with Crippen molar-refractivity contribution in [2.24, 2.45) is 23.1 Å². The summed E-state index contributed by atoms with van der Waals surface area (Å²) >= 11 is 0.797. The largest absolute Gasteiger partial charge is 0.394 e. The Morgan fingerprint density at radius 1 is 0.471 bits per heavy atom. The minimum absolute atomic E-state index is 0.0185. The SMILES string of the molecule is CC(C)[C@@H]1NC(=O)[C@@H](Cc2ccccc2)NC(=O)CSC[C@@H](C(=O)NCC(N)=O)NC(=O)[C@H](Cc2c[nH]cn2)NC(=O)[C@@H](CCCNC(=N)N)NC(=O)[C@H](Cc2c[nH]cn2)NC(=O)[C@H](Cc2ccccc2)NC(=O)[C@H](CCCNC(=N)N)NC(=O)[C@H](CO)NC(=O)CNC(=O)[C@H](Cc2c[nH]cn2)NC(=O)[C@H](Cc2c[nH]c3ccccc23)NC1=O. The fourth-order valence-corrected chi connectivity index (χ4v) is 13.4. The molecule has 8 rings (SSSR count). The molecule has 4 aromatic heterocycles. The Hall–Kier alpha value is -13.7. The Morgan fingerprint density at radius 3 is 1.35 bits per heavy atom. The molecule has 1 aliphatic rings. The van der Waals surface area contributed by atoms with Crippen molar-refractivity contribution in [3.8, 4) is 0 Å².